The molecule has 0 saturated heterocycles. The molecular weight excluding hydrogens is 398 g/mol. The maximum atomic E-state index is 12.5. The monoisotopic (exact) mass is 417 g/mol. The first-order valence-electron chi connectivity index (χ1n) is 9.74. The average Bonchev–Trinajstić information content (AvgIpc) is 3.28. The Bertz CT molecular complexity index is 1190. The van der Waals surface area contributed by atoms with E-state index in [0.717, 1.165) is 34.4 Å². The molecule has 0 spiro atoms. The molecule has 4 aromatic rings. The molecule has 8 heteroatoms. The van der Waals surface area contributed by atoms with Crippen LogP contribution in [0.15, 0.2) is 53.9 Å². The van der Waals surface area contributed by atoms with E-state index in [-0.39, 0.29) is 11.8 Å². The molecular formula is C22H19N5O2S. The minimum Gasteiger partial charge on any atom is -0.349 e. The summed E-state index contributed by atoms with van der Waals surface area (Å²) < 4.78 is 0. The lowest BCUT2D eigenvalue weighted by molar-refractivity contribution is 0.0940. The van der Waals surface area contributed by atoms with Crippen LogP contribution in [0.1, 0.15) is 39.5 Å². The van der Waals surface area contributed by atoms with E-state index in [1.54, 1.807) is 17.5 Å². The van der Waals surface area contributed by atoms with Gasteiger partial charge in [0.05, 0.1) is 17.6 Å². The molecule has 1 aliphatic rings. The first kappa shape index (κ1) is 18.5. The number of hydrogen-bond donors (Lipinski definition) is 3. The highest BCUT2D eigenvalue weighted by Gasteiger charge is 2.23. The van der Waals surface area contributed by atoms with Crippen LogP contribution in [0, 0.1) is 0 Å². The second-order valence-corrected chi connectivity index (χ2v) is 8.10. The van der Waals surface area contributed by atoms with E-state index < -0.39 is 0 Å². The number of benzene rings is 2. The van der Waals surface area contributed by atoms with Crippen LogP contribution in [0.5, 0.6) is 0 Å². The van der Waals surface area contributed by atoms with Gasteiger partial charge in [-0.1, -0.05) is 24.3 Å². The first-order valence-corrected chi connectivity index (χ1v) is 10.6. The molecule has 2 aromatic carbocycles. The van der Waals surface area contributed by atoms with Crippen molar-refractivity contribution in [3.05, 3.63) is 71.0 Å². The maximum Gasteiger partial charge on any atom is 0.271 e. The van der Waals surface area contributed by atoms with E-state index >= 15 is 0 Å². The lowest BCUT2D eigenvalue weighted by atomic mass is 10.1. The number of carbonyl (C=O) groups excluding carboxylic acids is 2. The third-order valence-corrected chi connectivity index (χ3v) is 5.79. The summed E-state index contributed by atoms with van der Waals surface area (Å²) in [4.78, 5) is 36.7. The van der Waals surface area contributed by atoms with Crippen LogP contribution >= 0.6 is 11.3 Å². The van der Waals surface area contributed by atoms with Gasteiger partial charge in [-0.3, -0.25) is 9.59 Å². The normalized spacial score (nSPS) is 13.3. The zero-order valence-electron chi connectivity index (χ0n) is 16.0. The highest BCUT2D eigenvalue weighted by Crippen LogP contribution is 2.25. The van der Waals surface area contributed by atoms with Crippen molar-refractivity contribution < 1.29 is 9.59 Å². The number of carbonyl (C=O) groups is 2. The number of para-hydroxylation sites is 2. The van der Waals surface area contributed by atoms with Gasteiger partial charge < -0.3 is 15.6 Å². The molecule has 2 amide bonds. The van der Waals surface area contributed by atoms with E-state index in [2.05, 4.69) is 25.6 Å². The van der Waals surface area contributed by atoms with Crippen molar-refractivity contribution in [1.29, 1.82) is 0 Å². The molecule has 2 aromatic heterocycles. The Hall–Kier alpha value is -3.52. The number of rotatable bonds is 6. The fourth-order valence-electron chi connectivity index (χ4n) is 3.12. The van der Waals surface area contributed by atoms with Crippen LogP contribution in [0.4, 0.5) is 0 Å². The summed E-state index contributed by atoms with van der Waals surface area (Å²) in [5.41, 5.74) is 3.67. The number of hydrogen-bond acceptors (Lipinski definition) is 5. The van der Waals surface area contributed by atoms with Gasteiger partial charge in [0.15, 0.2) is 0 Å². The number of fused-ring (bicyclic) bond motifs is 1. The minimum atomic E-state index is -0.251. The van der Waals surface area contributed by atoms with Gasteiger partial charge in [-0.2, -0.15) is 0 Å². The molecule has 3 N–H and O–H groups in total. The van der Waals surface area contributed by atoms with Crippen molar-refractivity contribution in [3.63, 3.8) is 0 Å². The number of thiazole rings is 1. The van der Waals surface area contributed by atoms with Gasteiger partial charge in [0, 0.05) is 22.5 Å². The van der Waals surface area contributed by atoms with Crippen molar-refractivity contribution in [1.82, 2.24) is 25.6 Å². The maximum absolute atomic E-state index is 12.5. The highest BCUT2D eigenvalue weighted by molar-refractivity contribution is 7.13. The molecule has 0 unspecified atom stereocenters. The molecule has 2 heterocycles. The molecule has 30 heavy (non-hydrogen) atoms. The molecule has 1 fully saturated rings. The topological polar surface area (TPSA) is 99.8 Å². The van der Waals surface area contributed by atoms with Crippen molar-refractivity contribution >= 4 is 34.2 Å². The summed E-state index contributed by atoms with van der Waals surface area (Å²) in [6.07, 6.45) is 2.12. The number of imidazole rings is 1. The van der Waals surface area contributed by atoms with Crippen LogP contribution in [-0.4, -0.2) is 32.8 Å². The Kier molecular flexibility index (Phi) is 4.76. The van der Waals surface area contributed by atoms with Gasteiger partial charge in [0.1, 0.15) is 16.5 Å². The zero-order chi connectivity index (χ0) is 20.5. The molecule has 0 atom stereocenters. The molecule has 7 nitrogen and oxygen atoms in total. The summed E-state index contributed by atoms with van der Waals surface area (Å²) in [6, 6.07) is 15.3. The largest absolute Gasteiger partial charge is 0.349 e. The number of H-pyrrole nitrogens is 1. The summed E-state index contributed by atoms with van der Waals surface area (Å²) in [5.74, 6) is 0.396. The summed E-state index contributed by atoms with van der Waals surface area (Å²) in [5, 5.41) is 8.29. The van der Waals surface area contributed by atoms with E-state index in [9.17, 15) is 9.59 Å². The fourth-order valence-corrected chi connectivity index (χ4v) is 3.92. The summed E-state index contributed by atoms with van der Waals surface area (Å²) in [6.45, 7) is 0.297. The lowest BCUT2D eigenvalue weighted by Crippen LogP contribution is -2.25. The Balaban J connectivity index is 1.23. The van der Waals surface area contributed by atoms with Crippen LogP contribution in [-0.2, 0) is 6.54 Å². The van der Waals surface area contributed by atoms with Gasteiger partial charge in [0.25, 0.3) is 11.8 Å². The number of nitrogens with one attached hydrogen (secondary N) is 3. The number of amides is 2. The van der Waals surface area contributed by atoms with Gasteiger partial charge in [-0.25, -0.2) is 9.97 Å². The van der Waals surface area contributed by atoms with Crippen LogP contribution in [0.2, 0.25) is 0 Å². The molecule has 0 bridgehead atoms. The molecule has 1 aliphatic carbocycles. The fraction of sp³-hybridized carbons (Fsp3) is 0.182. The molecule has 0 radical (unpaired) electrons. The van der Waals surface area contributed by atoms with Crippen molar-refractivity contribution in [2.45, 2.75) is 25.4 Å². The van der Waals surface area contributed by atoms with E-state index in [4.69, 9.17) is 0 Å². The van der Waals surface area contributed by atoms with Crippen molar-refractivity contribution in [2.24, 2.45) is 0 Å². The van der Waals surface area contributed by atoms with E-state index in [1.165, 1.54) is 11.3 Å². The van der Waals surface area contributed by atoms with Crippen molar-refractivity contribution in [2.75, 3.05) is 0 Å². The van der Waals surface area contributed by atoms with Crippen LogP contribution < -0.4 is 10.6 Å². The van der Waals surface area contributed by atoms with Crippen LogP contribution in [0.3, 0.4) is 0 Å². The lowest BCUT2D eigenvalue weighted by Gasteiger charge is -2.04. The van der Waals surface area contributed by atoms with Gasteiger partial charge in [0.2, 0.25) is 0 Å². The standard InChI is InChI=1S/C22H19N5O2S/c28-20(24-15-9-10-15)13-5-7-14(8-6-13)22-27-18(12-30-22)21(29)23-11-19-25-16-3-1-2-4-17(16)26-19/h1-8,12,15H,9-11H2,(H,23,29)(H,24,28)(H,25,26). The molecule has 1 saturated carbocycles. The third kappa shape index (κ3) is 3.95. The third-order valence-electron chi connectivity index (χ3n) is 4.90. The Labute approximate surface area is 176 Å². The van der Waals surface area contributed by atoms with E-state index in [0.29, 0.717) is 29.7 Å². The number of aromatic nitrogens is 3. The zero-order valence-corrected chi connectivity index (χ0v) is 16.8. The molecule has 150 valence electrons. The Morgan fingerprint density at radius 3 is 2.60 bits per heavy atom. The Morgan fingerprint density at radius 2 is 1.83 bits per heavy atom. The van der Waals surface area contributed by atoms with Gasteiger partial charge in [-0.05, 0) is 37.1 Å². The van der Waals surface area contributed by atoms with E-state index in [1.807, 2.05) is 36.4 Å². The SMILES string of the molecule is O=C(NC1CC1)c1ccc(-c2nc(C(=O)NCc3nc4ccccc4[nH]3)cs2)cc1. The predicted octanol–water partition coefficient (Wildman–Crippen LogP) is 3.51. The Morgan fingerprint density at radius 1 is 1.03 bits per heavy atom. The summed E-state index contributed by atoms with van der Waals surface area (Å²) in [7, 11) is 0. The quantitative estimate of drug-likeness (QED) is 0.447. The van der Waals surface area contributed by atoms with Crippen LogP contribution in [0.25, 0.3) is 21.6 Å². The second kappa shape index (κ2) is 7.72. The number of aromatic amines is 1. The minimum absolute atomic E-state index is 0.0474. The van der Waals surface area contributed by atoms with Crippen molar-refractivity contribution in [3.8, 4) is 10.6 Å². The smallest absolute Gasteiger partial charge is 0.271 e. The second-order valence-electron chi connectivity index (χ2n) is 7.25. The number of nitrogens with zero attached hydrogens (tertiary/aromatic N) is 2. The first-order chi connectivity index (χ1) is 14.7. The molecule has 5 rings (SSSR count). The highest BCUT2D eigenvalue weighted by atomic mass is 32.1. The van der Waals surface area contributed by atoms with Gasteiger partial charge >= 0.3 is 0 Å². The summed E-state index contributed by atoms with van der Waals surface area (Å²) >= 11 is 1.40. The predicted molar refractivity (Wildman–Crippen MR) is 115 cm³/mol. The molecule has 0 aliphatic heterocycles. The average molecular weight is 417 g/mol. The van der Waals surface area contributed by atoms with Gasteiger partial charge in [-0.15, -0.1) is 11.3 Å².